The molecule has 0 radical (unpaired) electrons. The molecule has 1 unspecified atom stereocenters. The number of amides is 3. The van der Waals surface area contributed by atoms with Crippen molar-refractivity contribution >= 4 is 35.0 Å². The van der Waals surface area contributed by atoms with Crippen LogP contribution in [0.5, 0.6) is 0 Å². The topological polar surface area (TPSA) is 92.3 Å². The first-order valence-corrected chi connectivity index (χ1v) is 9.68. The van der Waals surface area contributed by atoms with Crippen molar-refractivity contribution in [1.29, 1.82) is 0 Å². The van der Waals surface area contributed by atoms with Gasteiger partial charge in [-0.15, -0.1) is 0 Å². The van der Waals surface area contributed by atoms with E-state index in [1.54, 1.807) is 18.2 Å². The molecule has 1 atom stereocenters. The summed E-state index contributed by atoms with van der Waals surface area (Å²) >= 11 is 6.10. The first-order chi connectivity index (χ1) is 13.6. The van der Waals surface area contributed by atoms with Crippen molar-refractivity contribution in [1.82, 2.24) is 15.3 Å². The van der Waals surface area contributed by atoms with Crippen LogP contribution in [0.25, 0.3) is 0 Å². The van der Waals surface area contributed by atoms with Crippen LogP contribution in [0.4, 0.5) is 10.5 Å². The Labute approximate surface area is 167 Å². The normalized spacial score (nSPS) is 19.4. The summed E-state index contributed by atoms with van der Waals surface area (Å²) in [5.74, 6) is -2.27. The Bertz CT molecular complexity index is 928. The van der Waals surface area contributed by atoms with E-state index in [4.69, 9.17) is 11.6 Å². The Morgan fingerprint density at radius 3 is 2.64 bits per heavy atom. The minimum atomic E-state index is -1.16. The predicted octanol–water partition coefficient (Wildman–Crippen LogP) is 3.49. The van der Waals surface area contributed by atoms with E-state index in [0.29, 0.717) is 16.3 Å². The molecule has 1 saturated carbocycles. The number of fused-ring (bicyclic) bond motifs is 1. The van der Waals surface area contributed by atoms with Gasteiger partial charge in [-0.05, 0) is 36.6 Å². The van der Waals surface area contributed by atoms with Gasteiger partial charge in [0, 0.05) is 23.5 Å². The number of carbonyl (C=O) groups excluding carboxylic acids is 3. The molecule has 7 nitrogen and oxygen atoms in total. The van der Waals surface area contributed by atoms with Gasteiger partial charge in [0.25, 0.3) is 5.91 Å². The maximum absolute atomic E-state index is 13.1. The zero-order chi connectivity index (χ0) is 19.7. The summed E-state index contributed by atoms with van der Waals surface area (Å²) in [6.45, 7) is 0. The molecule has 0 spiro atoms. The molecular formula is C20H19ClN4O3. The second-order valence-corrected chi connectivity index (χ2v) is 7.49. The first-order valence-electron chi connectivity index (χ1n) is 9.30. The molecule has 28 heavy (non-hydrogen) atoms. The van der Waals surface area contributed by atoms with Gasteiger partial charge in [0.2, 0.25) is 0 Å². The third kappa shape index (κ3) is 3.38. The fourth-order valence-corrected chi connectivity index (χ4v) is 4.04. The Kier molecular flexibility index (Phi) is 5.09. The van der Waals surface area contributed by atoms with E-state index in [9.17, 15) is 14.4 Å². The number of urea groups is 1. The van der Waals surface area contributed by atoms with Gasteiger partial charge < -0.3 is 5.32 Å². The number of ketones is 1. The fraction of sp³-hybridized carbons (Fsp3) is 0.350. The highest BCUT2D eigenvalue weighted by atomic mass is 35.5. The van der Waals surface area contributed by atoms with Crippen LogP contribution in [0, 0.1) is 0 Å². The van der Waals surface area contributed by atoms with Crippen LogP contribution in [-0.4, -0.2) is 33.7 Å². The summed E-state index contributed by atoms with van der Waals surface area (Å²) in [6.07, 6.45) is 9.20. The molecule has 8 heteroatoms. The van der Waals surface area contributed by atoms with Crippen molar-refractivity contribution in [2.45, 2.75) is 44.1 Å². The Morgan fingerprint density at radius 1 is 1.14 bits per heavy atom. The quantitative estimate of drug-likeness (QED) is 0.631. The minimum Gasteiger partial charge on any atom is -0.335 e. The van der Waals surface area contributed by atoms with Crippen molar-refractivity contribution in [3.63, 3.8) is 0 Å². The zero-order valence-corrected chi connectivity index (χ0v) is 15.9. The highest BCUT2D eigenvalue weighted by Crippen LogP contribution is 2.40. The molecule has 1 aliphatic heterocycles. The standard InChI is InChI=1S/C20H19ClN4O3/c21-12-6-7-16-14(10-12)17(18(26)15-11-22-8-9-23-15)19(27)25(16)20(28)24-13-4-2-1-3-5-13/h6-11,13,17H,1-5H2,(H,24,28). The van der Waals surface area contributed by atoms with Crippen LogP contribution in [-0.2, 0) is 4.79 Å². The Hall–Kier alpha value is -2.80. The largest absolute Gasteiger partial charge is 0.335 e. The lowest BCUT2D eigenvalue weighted by Crippen LogP contribution is -2.47. The molecule has 4 rings (SSSR count). The van der Waals surface area contributed by atoms with Gasteiger partial charge >= 0.3 is 6.03 Å². The molecule has 1 aromatic carbocycles. The van der Waals surface area contributed by atoms with Crippen molar-refractivity contribution in [2.24, 2.45) is 0 Å². The van der Waals surface area contributed by atoms with Crippen molar-refractivity contribution < 1.29 is 14.4 Å². The third-order valence-corrected chi connectivity index (χ3v) is 5.46. The summed E-state index contributed by atoms with van der Waals surface area (Å²) in [7, 11) is 0. The molecule has 1 N–H and O–H groups in total. The SMILES string of the molecule is O=C(c1cnccn1)C1C(=O)N(C(=O)NC2CCCCC2)c2ccc(Cl)cc21. The maximum atomic E-state index is 13.1. The summed E-state index contributed by atoms with van der Waals surface area (Å²) in [4.78, 5) is 47.9. The molecule has 0 bridgehead atoms. The van der Waals surface area contributed by atoms with Crippen LogP contribution < -0.4 is 10.2 Å². The summed E-state index contributed by atoms with van der Waals surface area (Å²) in [6, 6.07) is 4.29. The molecule has 2 aliphatic rings. The van der Waals surface area contributed by atoms with Crippen LogP contribution >= 0.6 is 11.6 Å². The number of hydrogen-bond donors (Lipinski definition) is 1. The molecule has 2 aromatic rings. The number of benzene rings is 1. The van der Waals surface area contributed by atoms with Crippen molar-refractivity contribution in [3.8, 4) is 0 Å². The fourth-order valence-electron chi connectivity index (χ4n) is 3.86. The number of nitrogens with one attached hydrogen (secondary N) is 1. The van der Waals surface area contributed by atoms with E-state index in [-0.39, 0.29) is 11.7 Å². The average Bonchev–Trinajstić information content (AvgIpc) is 3.00. The molecule has 1 aromatic heterocycles. The number of carbonyl (C=O) groups is 3. The van der Waals surface area contributed by atoms with E-state index in [1.807, 2.05) is 0 Å². The van der Waals surface area contributed by atoms with E-state index < -0.39 is 23.6 Å². The van der Waals surface area contributed by atoms with E-state index >= 15 is 0 Å². The smallest absolute Gasteiger partial charge is 0.329 e. The van der Waals surface area contributed by atoms with E-state index in [0.717, 1.165) is 37.0 Å². The lowest BCUT2D eigenvalue weighted by atomic mass is 9.94. The number of rotatable bonds is 3. The molecule has 3 amide bonds. The molecule has 1 fully saturated rings. The van der Waals surface area contributed by atoms with Gasteiger partial charge in [-0.25, -0.2) is 14.7 Å². The van der Waals surface area contributed by atoms with Crippen molar-refractivity contribution in [3.05, 3.63) is 53.1 Å². The number of anilines is 1. The van der Waals surface area contributed by atoms with Crippen LogP contribution in [0.15, 0.2) is 36.8 Å². The Morgan fingerprint density at radius 2 is 1.93 bits per heavy atom. The van der Waals surface area contributed by atoms with Gasteiger partial charge in [-0.1, -0.05) is 30.9 Å². The monoisotopic (exact) mass is 398 g/mol. The van der Waals surface area contributed by atoms with Gasteiger partial charge in [0.15, 0.2) is 5.78 Å². The van der Waals surface area contributed by atoms with Crippen LogP contribution in [0.3, 0.4) is 0 Å². The van der Waals surface area contributed by atoms with E-state index in [1.165, 1.54) is 18.6 Å². The first kappa shape index (κ1) is 18.6. The Balaban J connectivity index is 1.66. The minimum absolute atomic E-state index is 0.0412. The molecule has 1 aliphatic carbocycles. The van der Waals surface area contributed by atoms with Gasteiger partial charge in [-0.3, -0.25) is 14.6 Å². The average molecular weight is 399 g/mol. The number of aromatic nitrogens is 2. The number of imide groups is 1. The highest BCUT2D eigenvalue weighted by Gasteiger charge is 2.45. The maximum Gasteiger partial charge on any atom is 0.329 e. The lowest BCUT2D eigenvalue weighted by molar-refractivity contribution is -0.117. The molecular weight excluding hydrogens is 380 g/mol. The van der Waals surface area contributed by atoms with Crippen molar-refractivity contribution in [2.75, 3.05) is 4.90 Å². The van der Waals surface area contributed by atoms with Gasteiger partial charge in [-0.2, -0.15) is 0 Å². The van der Waals surface area contributed by atoms with E-state index in [2.05, 4.69) is 15.3 Å². The zero-order valence-electron chi connectivity index (χ0n) is 15.1. The van der Waals surface area contributed by atoms with Gasteiger partial charge in [0.1, 0.15) is 11.6 Å². The summed E-state index contributed by atoms with van der Waals surface area (Å²) in [5, 5.41) is 3.33. The number of Topliss-reactive ketones (excluding diaryl/α,β-unsaturated/α-hetero) is 1. The summed E-state index contributed by atoms with van der Waals surface area (Å²) < 4.78 is 0. The second kappa shape index (κ2) is 7.67. The molecule has 144 valence electrons. The lowest BCUT2D eigenvalue weighted by Gasteiger charge is -2.25. The predicted molar refractivity (Wildman–Crippen MR) is 103 cm³/mol. The van der Waals surface area contributed by atoms with Crippen LogP contribution in [0.2, 0.25) is 5.02 Å². The molecule has 2 heterocycles. The number of halogens is 1. The van der Waals surface area contributed by atoms with Crippen LogP contribution in [0.1, 0.15) is 54.1 Å². The number of nitrogens with zero attached hydrogens (tertiary/aromatic N) is 3. The second-order valence-electron chi connectivity index (χ2n) is 7.05. The number of hydrogen-bond acceptors (Lipinski definition) is 5. The summed E-state index contributed by atoms with van der Waals surface area (Å²) in [5.41, 5.74) is 0.859. The molecule has 0 saturated heterocycles. The van der Waals surface area contributed by atoms with Gasteiger partial charge in [0.05, 0.1) is 11.9 Å². The highest BCUT2D eigenvalue weighted by molar-refractivity contribution is 6.33. The third-order valence-electron chi connectivity index (χ3n) is 5.22.